The zero-order valence-corrected chi connectivity index (χ0v) is 13.5. The molecule has 0 atom stereocenters. The van der Waals surface area contributed by atoms with Crippen LogP contribution in [0.3, 0.4) is 0 Å². The van der Waals surface area contributed by atoms with Crippen LogP contribution in [-0.2, 0) is 4.74 Å². The Morgan fingerprint density at radius 3 is 2.40 bits per heavy atom. The second-order valence-corrected chi connectivity index (χ2v) is 6.94. The molecule has 7 heteroatoms. The van der Waals surface area contributed by atoms with E-state index in [-0.39, 0.29) is 12.6 Å². The van der Waals surface area contributed by atoms with Crippen LogP contribution in [0.25, 0.3) is 0 Å². The van der Waals surface area contributed by atoms with Gasteiger partial charge in [-0.2, -0.15) is 0 Å². The van der Waals surface area contributed by atoms with Crippen LogP contribution >= 0.6 is 34.8 Å². The zero-order valence-electron chi connectivity index (χ0n) is 11.3. The quantitative estimate of drug-likeness (QED) is 0.652. The first-order valence-electron chi connectivity index (χ1n) is 6.08. The molecule has 0 bridgehead atoms. The second kappa shape index (κ2) is 7.81. The Balaban J connectivity index is 2.50. The first kappa shape index (κ1) is 17.2. The predicted molar refractivity (Wildman–Crippen MR) is 83.7 cm³/mol. The molecule has 1 aromatic rings. The summed E-state index contributed by atoms with van der Waals surface area (Å²) < 4.78 is 3.20. The molecule has 0 saturated carbocycles. The van der Waals surface area contributed by atoms with Gasteiger partial charge in [-0.3, -0.25) is 0 Å². The summed E-state index contributed by atoms with van der Waals surface area (Å²) in [6.07, 6.45) is -0.627. The fourth-order valence-corrected chi connectivity index (χ4v) is 1.70. The van der Waals surface area contributed by atoms with E-state index in [9.17, 15) is 4.79 Å². The van der Waals surface area contributed by atoms with Crippen LogP contribution in [0.5, 0.6) is 0 Å². The second-order valence-electron chi connectivity index (χ2n) is 4.43. The summed E-state index contributed by atoms with van der Waals surface area (Å²) in [5.74, 6) is 0. The van der Waals surface area contributed by atoms with Crippen molar-refractivity contribution in [2.75, 3.05) is 18.2 Å². The normalized spacial score (nSPS) is 11.3. The molecule has 1 N–H and O–H groups in total. The van der Waals surface area contributed by atoms with Gasteiger partial charge in [-0.05, 0) is 26.0 Å². The summed E-state index contributed by atoms with van der Waals surface area (Å²) in [6.45, 7) is 4.07. The number of nitrogens with zero attached hydrogens (tertiary/aromatic N) is 1. The molecule has 0 aliphatic heterocycles. The van der Waals surface area contributed by atoms with Gasteiger partial charge in [-0.15, -0.1) is 0 Å². The maximum absolute atomic E-state index is 11.5. The van der Waals surface area contributed by atoms with Crippen molar-refractivity contribution in [2.24, 2.45) is 0 Å². The van der Waals surface area contributed by atoms with Gasteiger partial charge in [0, 0.05) is 11.7 Å². The number of alkyl carbamates (subject to hydrolysis) is 1. The number of nitrogens with one attached hydrogen (secondary N) is 1. The minimum atomic E-state index is -1.60. The third-order valence-electron chi connectivity index (χ3n) is 2.47. The molecule has 0 saturated heterocycles. The molecule has 0 aliphatic rings. The van der Waals surface area contributed by atoms with Crippen molar-refractivity contribution in [3.63, 3.8) is 0 Å². The minimum Gasteiger partial charge on any atom is -0.445 e. The molecule has 1 amide bonds. The molecular formula is C13H17Cl3N2O2. The third-order valence-corrected chi connectivity index (χ3v) is 2.80. The molecule has 0 heterocycles. The number of amides is 1. The topological polar surface area (TPSA) is 41.6 Å². The molecule has 0 fully saturated rings. The van der Waals surface area contributed by atoms with E-state index in [0.717, 1.165) is 5.69 Å². The van der Waals surface area contributed by atoms with Crippen LogP contribution in [0.15, 0.2) is 30.3 Å². The van der Waals surface area contributed by atoms with Crippen molar-refractivity contribution in [1.29, 1.82) is 0 Å². The number of anilines is 1. The van der Waals surface area contributed by atoms with Crippen LogP contribution < -0.4 is 10.2 Å². The molecule has 0 aromatic heterocycles. The molecule has 4 nitrogen and oxygen atoms in total. The van der Waals surface area contributed by atoms with Crippen LogP contribution in [-0.4, -0.2) is 29.2 Å². The van der Waals surface area contributed by atoms with E-state index in [2.05, 4.69) is 5.32 Å². The third kappa shape index (κ3) is 6.55. The molecule has 20 heavy (non-hydrogen) atoms. The number of halogens is 3. The predicted octanol–water partition coefficient (Wildman–Crippen LogP) is 3.96. The fraction of sp³-hybridized carbons (Fsp3) is 0.462. The van der Waals surface area contributed by atoms with E-state index in [1.54, 1.807) is 0 Å². The standard InChI is InChI=1S/C13H17Cl3N2O2/c1-10(2)18(11-6-4-3-5-7-11)9-17-12(19)20-8-13(14,15)16/h3-7,10H,8-9H2,1-2H3,(H,17,19). The largest absolute Gasteiger partial charge is 0.445 e. The van der Waals surface area contributed by atoms with Crippen LogP contribution in [0.4, 0.5) is 10.5 Å². The lowest BCUT2D eigenvalue weighted by atomic mass is 10.2. The van der Waals surface area contributed by atoms with Gasteiger partial charge < -0.3 is 15.0 Å². The molecule has 0 spiro atoms. The highest BCUT2D eigenvalue weighted by Crippen LogP contribution is 2.25. The Morgan fingerprint density at radius 1 is 1.30 bits per heavy atom. The van der Waals surface area contributed by atoms with Gasteiger partial charge in [0.15, 0.2) is 0 Å². The van der Waals surface area contributed by atoms with Crippen molar-refractivity contribution < 1.29 is 9.53 Å². The van der Waals surface area contributed by atoms with Gasteiger partial charge in [0.2, 0.25) is 3.79 Å². The highest BCUT2D eigenvalue weighted by atomic mass is 35.6. The van der Waals surface area contributed by atoms with E-state index in [1.807, 2.05) is 49.1 Å². The number of carbonyl (C=O) groups excluding carboxylic acids is 1. The summed E-state index contributed by atoms with van der Waals surface area (Å²) in [7, 11) is 0. The monoisotopic (exact) mass is 338 g/mol. The Morgan fingerprint density at radius 2 is 1.90 bits per heavy atom. The summed E-state index contributed by atoms with van der Waals surface area (Å²) in [5.41, 5.74) is 1.00. The summed E-state index contributed by atoms with van der Waals surface area (Å²) >= 11 is 16.5. The van der Waals surface area contributed by atoms with Crippen molar-refractivity contribution in [1.82, 2.24) is 5.32 Å². The summed E-state index contributed by atoms with van der Waals surface area (Å²) in [4.78, 5) is 13.5. The van der Waals surface area contributed by atoms with E-state index < -0.39 is 9.89 Å². The average Bonchev–Trinajstić information content (AvgIpc) is 2.36. The number of hydrogen-bond donors (Lipinski definition) is 1. The van der Waals surface area contributed by atoms with Gasteiger partial charge in [-0.25, -0.2) is 4.79 Å². The first-order valence-corrected chi connectivity index (χ1v) is 7.22. The number of ether oxygens (including phenoxy) is 1. The lowest BCUT2D eigenvalue weighted by molar-refractivity contribution is 0.148. The van der Waals surface area contributed by atoms with Crippen molar-refractivity contribution in [2.45, 2.75) is 23.7 Å². The van der Waals surface area contributed by atoms with Crippen LogP contribution in [0.1, 0.15) is 13.8 Å². The zero-order chi connectivity index (χ0) is 15.2. The smallest absolute Gasteiger partial charge is 0.408 e. The van der Waals surface area contributed by atoms with Crippen LogP contribution in [0.2, 0.25) is 0 Å². The van der Waals surface area contributed by atoms with E-state index in [4.69, 9.17) is 39.5 Å². The number of para-hydroxylation sites is 1. The molecule has 1 rings (SSSR count). The molecule has 1 aromatic carbocycles. The van der Waals surface area contributed by atoms with E-state index >= 15 is 0 Å². The molecule has 112 valence electrons. The van der Waals surface area contributed by atoms with Crippen molar-refractivity contribution >= 4 is 46.6 Å². The highest BCUT2D eigenvalue weighted by Gasteiger charge is 2.22. The van der Waals surface area contributed by atoms with Crippen molar-refractivity contribution in [3.8, 4) is 0 Å². The number of rotatable bonds is 5. The summed E-state index contributed by atoms with van der Waals surface area (Å²) in [5, 5.41) is 2.62. The number of alkyl halides is 3. The lowest BCUT2D eigenvalue weighted by Gasteiger charge is -2.29. The molecule has 0 unspecified atom stereocenters. The van der Waals surface area contributed by atoms with E-state index in [1.165, 1.54) is 0 Å². The van der Waals surface area contributed by atoms with E-state index in [0.29, 0.717) is 6.67 Å². The maximum Gasteiger partial charge on any atom is 0.408 e. The fourth-order valence-electron chi connectivity index (χ4n) is 1.54. The van der Waals surface area contributed by atoms with Crippen LogP contribution in [0, 0.1) is 0 Å². The number of benzene rings is 1. The first-order chi connectivity index (χ1) is 9.29. The van der Waals surface area contributed by atoms with Gasteiger partial charge in [0.05, 0.1) is 6.67 Å². The van der Waals surface area contributed by atoms with Gasteiger partial charge in [0.25, 0.3) is 0 Å². The summed E-state index contributed by atoms with van der Waals surface area (Å²) in [6, 6.07) is 9.95. The number of hydrogen-bond acceptors (Lipinski definition) is 3. The molecular weight excluding hydrogens is 323 g/mol. The lowest BCUT2D eigenvalue weighted by Crippen LogP contribution is -2.42. The van der Waals surface area contributed by atoms with Crippen molar-refractivity contribution in [3.05, 3.63) is 30.3 Å². The molecule has 0 aliphatic carbocycles. The Labute approximate surface area is 133 Å². The Kier molecular flexibility index (Phi) is 6.72. The highest BCUT2D eigenvalue weighted by molar-refractivity contribution is 6.67. The number of carbonyl (C=O) groups is 1. The Hall–Kier alpha value is -0.840. The Bertz CT molecular complexity index is 421. The van der Waals surface area contributed by atoms with Gasteiger partial charge in [0.1, 0.15) is 6.61 Å². The molecule has 0 radical (unpaired) electrons. The minimum absolute atomic E-state index is 0.214. The maximum atomic E-state index is 11.5. The average molecular weight is 340 g/mol. The SMILES string of the molecule is CC(C)N(CNC(=O)OCC(Cl)(Cl)Cl)c1ccccc1. The van der Waals surface area contributed by atoms with Gasteiger partial charge in [-0.1, -0.05) is 53.0 Å². The van der Waals surface area contributed by atoms with Gasteiger partial charge >= 0.3 is 6.09 Å².